The number of rotatable bonds is 2. The van der Waals surface area contributed by atoms with Crippen LogP contribution in [0.25, 0.3) is 5.57 Å². The summed E-state index contributed by atoms with van der Waals surface area (Å²) in [5.74, 6) is 1.89. The molecule has 0 saturated heterocycles. The molecule has 0 spiro atoms. The van der Waals surface area contributed by atoms with Crippen LogP contribution in [0.5, 0.6) is 0 Å². The van der Waals surface area contributed by atoms with Gasteiger partial charge in [-0.3, -0.25) is 0 Å². The van der Waals surface area contributed by atoms with Crippen LogP contribution >= 0.6 is 0 Å². The third-order valence-corrected chi connectivity index (χ3v) is 9.43. The second-order valence-corrected chi connectivity index (χ2v) is 11.5. The van der Waals surface area contributed by atoms with Gasteiger partial charge in [0.2, 0.25) is 0 Å². The van der Waals surface area contributed by atoms with Gasteiger partial charge in [-0.2, -0.15) is 5.10 Å². The van der Waals surface area contributed by atoms with E-state index in [0.29, 0.717) is 0 Å². The predicted octanol–water partition coefficient (Wildman–Crippen LogP) is 6.85. The Morgan fingerprint density at radius 2 is 1.40 bits per heavy atom. The second-order valence-electron chi connectivity index (χ2n) is 11.5. The number of fused-ring (bicyclic) bond motifs is 12. The van der Waals surface area contributed by atoms with E-state index in [2.05, 4.69) is 141 Å². The lowest BCUT2D eigenvalue weighted by atomic mass is 9.72. The number of para-hydroxylation sites is 3. The standard InChI is InChI=1S/C36H29N7/c1-23-26-17-9-11-19-28(26)42-34-30(21-37-22-38-34)40(2)35(42)32-31(23)27-18-10-12-20-29(27)43-36(32)41(25-15-7-4-8-16-25)33(39-43)24-13-5-3-6-14-24/h3-22,31-32,35-36H,1H2,2H3. The van der Waals surface area contributed by atoms with Crippen LogP contribution in [0.1, 0.15) is 22.6 Å². The van der Waals surface area contributed by atoms with E-state index in [1.807, 2.05) is 6.20 Å². The summed E-state index contributed by atoms with van der Waals surface area (Å²) in [6.07, 6.45) is 3.38. The Bertz CT molecular complexity index is 1920. The number of aromatic nitrogens is 2. The number of hydrazone groups is 1. The van der Waals surface area contributed by atoms with Crippen molar-refractivity contribution in [3.63, 3.8) is 0 Å². The molecule has 4 aliphatic rings. The Morgan fingerprint density at radius 1 is 0.698 bits per heavy atom. The van der Waals surface area contributed by atoms with E-state index in [4.69, 9.17) is 16.7 Å². The zero-order valence-corrected chi connectivity index (χ0v) is 23.7. The molecule has 0 fully saturated rings. The van der Waals surface area contributed by atoms with E-state index in [9.17, 15) is 0 Å². The molecule has 5 heterocycles. The summed E-state index contributed by atoms with van der Waals surface area (Å²) in [6.45, 7) is 4.84. The summed E-state index contributed by atoms with van der Waals surface area (Å²) in [5.41, 5.74) is 8.95. The molecule has 43 heavy (non-hydrogen) atoms. The average molecular weight is 560 g/mol. The maximum absolute atomic E-state index is 5.44. The molecule has 4 aliphatic heterocycles. The molecule has 5 aromatic rings. The molecule has 0 saturated carbocycles. The van der Waals surface area contributed by atoms with Gasteiger partial charge >= 0.3 is 0 Å². The van der Waals surface area contributed by atoms with Gasteiger partial charge < -0.3 is 14.7 Å². The van der Waals surface area contributed by atoms with Crippen molar-refractivity contribution in [1.29, 1.82) is 0 Å². The topological polar surface area (TPSA) is 51.1 Å². The summed E-state index contributed by atoms with van der Waals surface area (Å²) >= 11 is 0. The molecule has 0 amide bonds. The van der Waals surface area contributed by atoms with Crippen molar-refractivity contribution in [2.24, 2.45) is 11.0 Å². The zero-order valence-electron chi connectivity index (χ0n) is 23.7. The maximum atomic E-state index is 5.44. The van der Waals surface area contributed by atoms with E-state index in [1.165, 1.54) is 5.56 Å². The van der Waals surface area contributed by atoms with Crippen molar-refractivity contribution in [2.45, 2.75) is 18.2 Å². The van der Waals surface area contributed by atoms with Gasteiger partial charge in [-0.25, -0.2) is 15.0 Å². The number of hydrogen-bond acceptors (Lipinski definition) is 7. The molecule has 0 aliphatic carbocycles. The van der Waals surface area contributed by atoms with E-state index in [1.54, 1.807) is 6.33 Å². The molecule has 4 atom stereocenters. The molecule has 208 valence electrons. The highest BCUT2D eigenvalue weighted by molar-refractivity contribution is 6.13. The fourth-order valence-corrected chi connectivity index (χ4v) is 7.71. The Balaban J connectivity index is 1.35. The minimum Gasteiger partial charge on any atom is -0.349 e. The molecule has 4 aromatic carbocycles. The lowest BCUT2D eigenvalue weighted by Crippen LogP contribution is -2.60. The van der Waals surface area contributed by atoms with E-state index < -0.39 is 0 Å². The lowest BCUT2D eigenvalue weighted by Gasteiger charge is -2.49. The van der Waals surface area contributed by atoms with E-state index in [0.717, 1.165) is 51.1 Å². The SMILES string of the molecule is C=C1c2ccccc2N2c3ncncc3N(C)C2C2C1c1ccccc1N1N=C(c3ccccc3)N(c3ccccc3)C21. The Morgan fingerprint density at radius 3 is 2.21 bits per heavy atom. The summed E-state index contributed by atoms with van der Waals surface area (Å²) in [7, 11) is 2.17. The van der Waals surface area contributed by atoms with Crippen LogP contribution in [0.3, 0.4) is 0 Å². The number of allylic oxidation sites excluding steroid dienone is 1. The third-order valence-electron chi connectivity index (χ3n) is 9.43. The van der Waals surface area contributed by atoms with Crippen LogP contribution in [0.4, 0.5) is 28.6 Å². The van der Waals surface area contributed by atoms with Gasteiger partial charge in [0.15, 0.2) is 11.7 Å². The smallest absolute Gasteiger partial charge is 0.162 e. The third kappa shape index (κ3) is 3.27. The van der Waals surface area contributed by atoms with E-state index >= 15 is 0 Å². The molecule has 7 nitrogen and oxygen atoms in total. The number of nitrogens with zero attached hydrogens (tertiary/aromatic N) is 7. The van der Waals surface area contributed by atoms with Gasteiger partial charge in [0.1, 0.15) is 24.3 Å². The molecule has 0 radical (unpaired) electrons. The second kappa shape index (κ2) is 9.03. The van der Waals surface area contributed by atoms with Crippen molar-refractivity contribution < 1.29 is 0 Å². The number of anilines is 5. The van der Waals surface area contributed by atoms with Gasteiger partial charge in [0.25, 0.3) is 0 Å². The minimum absolute atomic E-state index is 0.0131. The molecular formula is C36H29N7. The number of amidine groups is 1. The summed E-state index contributed by atoms with van der Waals surface area (Å²) in [4.78, 5) is 16.5. The molecule has 0 N–H and O–H groups in total. The number of benzene rings is 4. The van der Waals surface area contributed by atoms with Gasteiger partial charge in [-0.05, 0) is 35.4 Å². The highest BCUT2D eigenvalue weighted by Crippen LogP contribution is 2.60. The largest absolute Gasteiger partial charge is 0.349 e. The van der Waals surface area contributed by atoms with Crippen LogP contribution in [0.2, 0.25) is 0 Å². The summed E-state index contributed by atoms with van der Waals surface area (Å²) < 4.78 is 0. The first-order chi connectivity index (χ1) is 21.2. The fraction of sp³-hybridized carbons (Fsp3) is 0.139. The first-order valence-electron chi connectivity index (χ1n) is 14.7. The molecule has 1 aromatic heterocycles. The van der Waals surface area contributed by atoms with E-state index in [-0.39, 0.29) is 24.2 Å². The Hall–Kier alpha value is -5.43. The van der Waals surface area contributed by atoms with Crippen molar-refractivity contribution in [1.82, 2.24) is 9.97 Å². The highest BCUT2D eigenvalue weighted by atomic mass is 15.6. The van der Waals surface area contributed by atoms with Crippen molar-refractivity contribution in [3.05, 3.63) is 145 Å². The predicted molar refractivity (Wildman–Crippen MR) is 173 cm³/mol. The number of hydrogen-bond donors (Lipinski definition) is 0. The highest BCUT2D eigenvalue weighted by Gasteiger charge is 2.58. The van der Waals surface area contributed by atoms with Gasteiger partial charge in [-0.15, -0.1) is 0 Å². The molecular weight excluding hydrogens is 530 g/mol. The summed E-state index contributed by atoms with van der Waals surface area (Å²) in [6, 6.07) is 38.6. The molecule has 7 heteroatoms. The van der Waals surface area contributed by atoms with Crippen LogP contribution < -0.4 is 19.7 Å². The Kier molecular flexibility index (Phi) is 5.08. The fourth-order valence-electron chi connectivity index (χ4n) is 7.71. The zero-order chi connectivity index (χ0) is 28.7. The maximum Gasteiger partial charge on any atom is 0.162 e. The van der Waals surface area contributed by atoms with Crippen LogP contribution in [0, 0.1) is 5.92 Å². The lowest BCUT2D eigenvalue weighted by molar-refractivity contribution is 0.316. The summed E-state index contributed by atoms with van der Waals surface area (Å²) in [5, 5.41) is 7.70. The van der Waals surface area contributed by atoms with Gasteiger partial charge in [0, 0.05) is 29.8 Å². The van der Waals surface area contributed by atoms with Crippen LogP contribution in [0.15, 0.2) is 133 Å². The molecule has 4 unspecified atom stereocenters. The first-order valence-corrected chi connectivity index (χ1v) is 14.7. The van der Waals surface area contributed by atoms with Crippen LogP contribution in [-0.2, 0) is 0 Å². The minimum atomic E-state index is -0.138. The monoisotopic (exact) mass is 559 g/mol. The normalized spacial score (nSPS) is 23.0. The van der Waals surface area contributed by atoms with Gasteiger partial charge in [0.05, 0.1) is 23.5 Å². The first kappa shape index (κ1) is 24.2. The molecule has 0 bridgehead atoms. The van der Waals surface area contributed by atoms with Gasteiger partial charge in [-0.1, -0.05) is 91.5 Å². The average Bonchev–Trinajstić information content (AvgIpc) is 3.57. The van der Waals surface area contributed by atoms with Crippen molar-refractivity contribution in [3.8, 4) is 0 Å². The molecule has 9 rings (SSSR count). The quantitative estimate of drug-likeness (QED) is 0.236. The Labute approximate surface area is 250 Å². The van der Waals surface area contributed by atoms with Crippen molar-refractivity contribution in [2.75, 3.05) is 26.8 Å². The van der Waals surface area contributed by atoms with Crippen LogP contribution in [-0.4, -0.2) is 35.2 Å². The van der Waals surface area contributed by atoms with Crippen molar-refractivity contribution >= 4 is 40.0 Å².